The number of halogens is 1. The Morgan fingerprint density at radius 3 is 2.84 bits per heavy atom. The van der Waals surface area contributed by atoms with Gasteiger partial charge in [-0.3, -0.25) is 4.68 Å². The third-order valence-corrected chi connectivity index (χ3v) is 3.74. The molecule has 2 aromatic rings. The number of likely N-dealkylation sites (N-methyl/N-ethyl adjacent to an activating group) is 1. The van der Waals surface area contributed by atoms with Crippen LogP contribution in [0.5, 0.6) is 0 Å². The van der Waals surface area contributed by atoms with Gasteiger partial charge in [0.15, 0.2) is 0 Å². The van der Waals surface area contributed by atoms with Gasteiger partial charge in [-0.1, -0.05) is 23.7 Å². The highest BCUT2D eigenvalue weighted by molar-refractivity contribution is 6.31. The first-order valence-corrected chi connectivity index (χ1v) is 6.83. The maximum Gasteiger partial charge on any atom is 0.138 e. The zero-order valence-corrected chi connectivity index (χ0v) is 12.3. The lowest BCUT2D eigenvalue weighted by Gasteiger charge is -2.17. The average Bonchev–Trinajstić information content (AvgIpc) is 2.86. The molecule has 0 saturated heterocycles. The quantitative estimate of drug-likeness (QED) is 0.914. The second kappa shape index (κ2) is 6.17. The molecule has 0 amide bonds. The van der Waals surface area contributed by atoms with Gasteiger partial charge in [0.1, 0.15) is 12.2 Å². The van der Waals surface area contributed by atoms with E-state index in [2.05, 4.69) is 34.5 Å². The van der Waals surface area contributed by atoms with Crippen molar-refractivity contribution in [2.24, 2.45) is 0 Å². The van der Waals surface area contributed by atoms with Gasteiger partial charge < -0.3 is 5.32 Å². The predicted molar refractivity (Wildman–Crippen MR) is 77.4 cm³/mol. The van der Waals surface area contributed by atoms with Crippen molar-refractivity contribution in [3.63, 3.8) is 0 Å². The molecule has 2 rings (SSSR count). The van der Waals surface area contributed by atoms with Crippen LogP contribution >= 0.6 is 11.6 Å². The maximum absolute atomic E-state index is 6.07. The Morgan fingerprint density at radius 1 is 1.42 bits per heavy atom. The monoisotopic (exact) mass is 278 g/mol. The van der Waals surface area contributed by atoms with Gasteiger partial charge in [-0.2, -0.15) is 5.10 Å². The molecule has 1 unspecified atom stereocenters. The van der Waals surface area contributed by atoms with Crippen LogP contribution in [0.2, 0.25) is 5.02 Å². The normalized spacial score (nSPS) is 12.6. The molecule has 4 nitrogen and oxygen atoms in total. The van der Waals surface area contributed by atoms with Gasteiger partial charge in [-0.25, -0.2) is 4.98 Å². The minimum atomic E-state index is 0.213. The van der Waals surface area contributed by atoms with Crippen molar-refractivity contribution >= 4 is 11.6 Å². The summed E-state index contributed by atoms with van der Waals surface area (Å²) in [4.78, 5) is 4.33. The van der Waals surface area contributed by atoms with Crippen LogP contribution in [-0.4, -0.2) is 21.8 Å². The Bertz CT molecular complexity index is 550. The highest BCUT2D eigenvalue weighted by Gasteiger charge is 2.14. The minimum Gasteiger partial charge on any atom is -0.313 e. The van der Waals surface area contributed by atoms with Crippen molar-refractivity contribution in [1.29, 1.82) is 0 Å². The number of nitrogens with zero attached hydrogens (tertiary/aromatic N) is 3. The summed E-state index contributed by atoms with van der Waals surface area (Å²) >= 11 is 6.07. The molecule has 0 fully saturated rings. The third kappa shape index (κ3) is 3.14. The molecule has 1 aromatic carbocycles. The lowest BCUT2D eigenvalue weighted by molar-refractivity contribution is 0.533. The van der Waals surface area contributed by atoms with Gasteiger partial charge in [0.25, 0.3) is 0 Å². The van der Waals surface area contributed by atoms with Crippen LogP contribution in [0.3, 0.4) is 0 Å². The van der Waals surface area contributed by atoms with Crippen molar-refractivity contribution in [3.8, 4) is 0 Å². The Kier molecular flexibility index (Phi) is 4.56. The minimum absolute atomic E-state index is 0.213. The molecule has 0 bridgehead atoms. The number of nitrogens with one attached hydrogen (secondary N) is 1. The molecule has 1 heterocycles. The molecule has 5 heteroatoms. The summed E-state index contributed by atoms with van der Waals surface area (Å²) in [6, 6.07) is 6.34. The smallest absolute Gasteiger partial charge is 0.138 e. The van der Waals surface area contributed by atoms with Gasteiger partial charge in [0.05, 0.1) is 0 Å². The van der Waals surface area contributed by atoms with E-state index in [1.165, 1.54) is 5.56 Å². The molecule has 0 saturated carbocycles. The third-order valence-electron chi connectivity index (χ3n) is 3.31. The van der Waals surface area contributed by atoms with Crippen LogP contribution < -0.4 is 5.32 Å². The van der Waals surface area contributed by atoms with Crippen molar-refractivity contribution in [3.05, 3.63) is 46.5 Å². The Balaban J connectivity index is 2.22. The van der Waals surface area contributed by atoms with E-state index in [4.69, 9.17) is 11.6 Å². The number of hydrogen-bond donors (Lipinski definition) is 1. The molecule has 19 heavy (non-hydrogen) atoms. The SMILES string of the molecule is CCn1ncnc1CC(NC)c1ccc(Cl)c(C)c1. The highest BCUT2D eigenvalue weighted by Crippen LogP contribution is 2.22. The second-order valence-electron chi connectivity index (χ2n) is 4.55. The Hall–Kier alpha value is -1.39. The first-order valence-electron chi connectivity index (χ1n) is 6.45. The molecule has 0 aliphatic rings. The zero-order chi connectivity index (χ0) is 13.8. The van der Waals surface area contributed by atoms with E-state index in [9.17, 15) is 0 Å². The molecule has 0 spiro atoms. The lowest BCUT2D eigenvalue weighted by Crippen LogP contribution is -2.21. The fourth-order valence-corrected chi connectivity index (χ4v) is 2.28. The van der Waals surface area contributed by atoms with E-state index in [1.54, 1.807) is 6.33 Å². The standard InChI is InChI=1S/C14H19ClN4/c1-4-19-14(17-9-18-19)8-13(16-3)11-5-6-12(15)10(2)7-11/h5-7,9,13,16H,4,8H2,1-3H3. The fourth-order valence-electron chi connectivity index (χ4n) is 2.16. The number of hydrogen-bond acceptors (Lipinski definition) is 3. The summed E-state index contributed by atoms with van der Waals surface area (Å²) in [6.07, 6.45) is 2.42. The lowest BCUT2D eigenvalue weighted by atomic mass is 10.0. The second-order valence-corrected chi connectivity index (χ2v) is 4.95. The van der Waals surface area contributed by atoms with Crippen LogP contribution in [0.4, 0.5) is 0 Å². The summed E-state index contributed by atoms with van der Waals surface area (Å²) in [5.74, 6) is 0.995. The number of rotatable bonds is 5. The van der Waals surface area contributed by atoms with Gasteiger partial charge in [-0.15, -0.1) is 0 Å². The topological polar surface area (TPSA) is 42.7 Å². The average molecular weight is 279 g/mol. The van der Waals surface area contributed by atoms with Crippen LogP contribution in [0.1, 0.15) is 29.9 Å². The summed E-state index contributed by atoms with van der Waals surface area (Å²) < 4.78 is 1.92. The van der Waals surface area contributed by atoms with Crippen LogP contribution in [0.25, 0.3) is 0 Å². The van der Waals surface area contributed by atoms with E-state index in [-0.39, 0.29) is 6.04 Å². The zero-order valence-electron chi connectivity index (χ0n) is 11.5. The molecule has 102 valence electrons. The van der Waals surface area contributed by atoms with Gasteiger partial charge in [0.2, 0.25) is 0 Å². The first-order chi connectivity index (χ1) is 9.15. The summed E-state index contributed by atoms with van der Waals surface area (Å²) in [6.45, 7) is 4.93. The van der Waals surface area contributed by atoms with E-state index in [0.29, 0.717) is 0 Å². The van der Waals surface area contributed by atoms with Crippen molar-refractivity contribution in [2.75, 3.05) is 7.05 Å². The summed E-state index contributed by atoms with van der Waals surface area (Å²) in [5.41, 5.74) is 2.31. The fraction of sp³-hybridized carbons (Fsp3) is 0.429. The van der Waals surface area contributed by atoms with Crippen LogP contribution in [0.15, 0.2) is 24.5 Å². The molecule has 0 aliphatic heterocycles. The Morgan fingerprint density at radius 2 is 2.21 bits per heavy atom. The summed E-state index contributed by atoms with van der Waals surface area (Å²) in [7, 11) is 1.96. The van der Waals surface area contributed by atoms with Gasteiger partial charge in [0, 0.05) is 24.0 Å². The number of benzene rings is 1. The van der Waals surface area contributed by atoms with E-state index in [0.717, 1.165) is 29.4 Å². The van der Waals surface area contributed by atoms with Crippen molar-refractivity contribution in [2.45, 2.75) is 32.9 Å². The van der Waals surface area contributed by atoms with Crippen LogP contribution in [0, 0.1) is 6.92 Å². The molecular weight excluding hydrogens is 260 g/mol. The van der Waals surface area contributed by atoms with E-state index < -0.39 is 0 Å². The van der Waals surface area contributed by atoms with Crippen LogP contribution in [-0.2, 0) is 13.0 Å². The molecule has 1 aromatic heterocycles. The molecule has 1 N–H and O–H groups in total. The maximum atomic E-state index is 6.07. The Labute approximate surface area is 118 Å². The number of aryl methyl sites for hydroxylation is 2. The largest absolute Gasteiger partial charge is 0.313 e. The number of aromatic nitrogens is 3. The van der Waals surface area contributed by atoms with Gasteiger partial charge in [-0.05, 0) is 38.1 Å². The molecule has 0 aliphatic carbocycles. The molecule has 1 atom stereocenters. The molecule has 0 radical (unpaired) electrons. The van der Waals surface area contributed by atoms with E-state index in [1.807, 2.05) is 24.7 Å². The predicted octanol–water partition coefficient (Wildman–Crippen LogP) is 2.76. The van der Waals surface area contributed by atoms with Crippen molar-refractivity contribution < 1.29 is 0 Å². The first kappa shape index (κ1) is 14.0. The van der Waals surface area contributed by atoms with Gasteiger partial charge >= 0.3 is 0 Å². The van der Waals surface area contributed by atoms with Crippen molar-refractivity contribution in [1.82, 2.24) is 20.1 Å². The highest BCUT2D eigenvalue weighted by atomic mass is 35.5. The van der Waals surface area contributed by atoms with E-state index >= 15 is 0 Å². The summed E-state index contributed by atoms with van der Waals surface area (Å²) in [5, 5.41) is 8.34. The molecular formula is C14H19ClN4.